The average Bonchev–Trinajstić information content (AvgIpc) is 2.43. The van der Waals surface area contributed by atoms with Gasteiger partial charge in [-0.15, -0.1) is 0 Å². The third-order valence-corrected chi connectivity index (χ3v) is 3.95. The average molecular weight is 313 g/mol. The molecule has 1 aliphatic rings. The second-order valence-electron chi connectivity index (χ2n) is 5.12. The van der Waals surface area contributed by atoms with Crippen LogP contribution in [0.1, 0.15) is 24.8 Å². The van der Waals surface area contributed by atoms with E-state index in [1.165, 1.54) is 24.8 Å². The van der Waals surface area contributed by atoms with Gasteiger partial charge in [0.05, 0.1) is 0 Å². The molecular weight excluding hydrogens is 292 g/mol. The molecule has 2 rings (SSSR count). The SMILES string of the molecule is NC(=S)NNCC1CCCCN1Cc1ccc(Cl)cc1. The van der Waals surface area contributed by atoms with Crippen molar-refractivity contribution >= 4 is 28.9 Å². The zero-order chi connectivity index (χ0) is 14.4. The first kappa shape index (κ1) is 15.5. The number of piperidine rings is 1. The summed E-state index contributed by atoms with van der Waals surface area (Å²) in [5.74, 6) is 0. The molecule has 0 bridgehead atoms. The van der Waals surface area contributed by atoms with Crippen molar-refractivity contribution in [2.24, 2.45) is 5.73 Å². The minimum Gasteiger partial charge on any atom is -0.375 e. The standard InChI is InChI=1S/C14H21ClN4S/c15-12-6-4-11(5-7-12)10-19-8-2-1-3-13(19)9-17-18-14(16)20/h4-7,13,17H,1-3,8-10H2,(H3,16,18,20). The molecule has 1 fully saturated rings. The van der Waals surface area contributed by atoms with Gasteiger partial charge in [0.25, 0.3) is 0 Å². The molecule has 110 valence electrons. The lowest BCUT2D eigenvalue weighted by Gasteiger charge is -2.36. The molecule has 4 nitrogen and oxygen atoms in total. The molecule has 6 heteroatoms. The quantitative estimate of drug-likeness (QED) is 0.574. The van der Waals surface area contributed by atoms with Gasteiger partial charge in [0, 0.05) is 24.2 Å². The van der Waals surface area contributed by atoms with Crippen LogP contribution in [0, 0.1) is 0 Å². The molecule has 0 aromatic heterocycles. The van der Waals surface area contributed by atoms with E-state index in [0.29, 0.717) is 6.04 Å². The molecule has 0 saturated carbocycles. The van der Waals surface area contributed by atoms with E-state index in [1.54, 1.807) is 0 Å². The topological polar surface area (TPSA) is 53.3 Å². The fraction of sp³-hybridized carbons (Fsp3) is 0.500. The van der Waals surface area contributed by atoms with Gasteiger partial charge >= 0.3 is 0 Å². The van der Waals surface area contributed by atoms with Crippen LogP contribution in [-0.2, 0) is 6.54 Å². The molecule has 20 heavy (non-hydrogen) atoms. The Labute approximate surface area is 130 Å². The first-order valence-electron chi connectivity index (χ1n) is 6.92. The smallest absolute Gasteiger partial charge is 0.178 e. The Hall–Kier alpha value is -0.880. The Kier molecular flexibility index (Phi) is 6.04. The van der Waals surface area contributed by atoms with E-state index in [0.717, 1.165) is 24.7 Å². The summed E-state index contributed by atoms with van der Waals surface area (Å²) in [5.41, 5.74) is 12.6. The van der Waals surface area contributed by atoms with Gasteiger partial charge in [-0.05, 0) is 49.3 Å². The fourth-order valence-corrected chi connectivity index (χ4v) is 2.78. The molecule has 1 unspecified atom stereocenters. The van der Waals surface area contributed by atoms with E-state index < -0.39 is 0 Å². The molecule has 1 saturated heterocycles. The molecule has 1 aliphatic heterocycles. The van der Waals surface area contributed by atoms with E-state index in [4.69, 9.17) is 29.6 Å². The number of likely N-dealkylation sites (tertiary alicyclic amines) is 1. The number of hydrogen-bond donors (Lipinski definition) is 3. The second-order valence-corrected chi connectivity index (χ2v) is 5.99. The normalized spacial score (nSPS) is 19.8. The lowest BCUT2D eigenvalue weighted by Crippen LogP contribution is -2.50. The highest BCUT2D eigenvalue weighted by molar-refractivity contribution is 7.80. The van der Waals surface area contributed by atoms with Crippen molar-refractivity contribution in [1.29, 1.82) is 0 Å². The van der Waals surface area contributed by atoms with Crippen LogP contribution in [-0.4, -0.2) is 29.1 Å². The summed E-state index contributed by atoms with van der Waals surface area (Å²) in [6.45, 7) is 2.92. The number of thiocarbonyl (C=S) groups is 1. The number of benzene rings is 1. The molecule has 0 amide bonds. The van der Waals surface area contributed by atoms with Crippen molar-refractivity contribution in [1.82, 2.24) is 15.8 Å². The predicted octanol–water partition coefficient (Wildman–Crippen LogP) is 2.03. The maximum atomic E-state index is 5.93. The van der Waals surface area contributed by atoms with E-state index >= 15 is 0 Å². The van der Waals surface area contributed by atoms with Crippen LogP contribution < -0.4 is 16.6 Å². The molecular formula is C14H21ClN4S. The van der Waals surface area contributed by atoms with Gasteiger partial charge < -0.3 is 5.73 Å². The van der Waals surface area contributed by atoms with Gasteiger partial charge in [-0.2, -0.15) is 0 Å². The molecule has 1 heterocycles. The molecule has 1 atom stereocenters. The minimum absolute atomic E-state index is 0.282. The molecule has 1 aromatic rings. The number of rotatable bonds is 5. The summed E-state index contributed by atoms with van der Waals surface area (Å²) in [6, 6.07) is 8.58. The summed E-state index contributed by atoms with van der Waals surface area (Å²) in [6.07, 6.45) is 3.73. The van der Waals surface area contributed by atoms with Gasteiger partial charge in [0.15, 0.2) is 5.11 Å². The number of hydrogen-bond acceptors (Lipinski definition) is 3. The van der Waals surface area contributed by atoms with Gasteiger partial charge in [-0.3, -0.25) is 10.3 Å². The minimum atomic E-state index is 0.282. The summed E-state index contributed by atoms with van der Waals surface area (Å²) in [5, 5.41) is 1.07. The molecule has 0 spiro atoms. The maximum Gasteiger partial charge on any atom is 0.178 e. The van der Waals surface area contributed by atoms with Crippen LogP contribution in [0.15, 0.2) is 24.3 Å². The Bertz CT molecular complexity index is 437. The molecule has 0 radical (unpaired) electrons. The van der Waals surface area contributed by atoms with Crippen molar-refractivity contribution in [3.63, 3.8) is 0 Å². The molecule has 4 N–H and O–H groups in total. The van der Waals surface area contributed by atoms with Crippen molar-refractivity contribution in [3.05, 3.63) is 34.9 Å². The fourth-order valence-electron chi connectivity index (χ4n) is 2.58. The van der Waals surface area contributed by atoms with Gasteiger partial charge in [0.1, 0.15) is 0 Å². The number of nitrogens with two attached hydrogens (primary N) is 1. The Morgan fingerprint density at radius 1 is 1.35 bits per heavy atom. The van der Waals surface area contributed by atoms with Crippen molar-refractivity contribution < 1.29 is 0 Å². The van der Waals surface area contributed by atoms with Crippen LogP contribution >= 0.6 is 23.8 Å². The van der Waals surface area contributed by atoms with Crippen LogP contribution in [0.25, 0.3) is 0 Å². The zero-order valence-electron chi connectivity index (χ0n) is 11.4. The summed E-state index contributed by atoms with van der Waals surface area (Å²) in [4.78, 5) is 2.50. The third kappa shape index (κ3) is 4.90. The number of nitrogens with zero attached hydrogens (tertiary/aromatic N) is 1. The first-order valence-corrected chi connectivity index (χ1v) is 7.70. The largest absolute Gasteiger partial charge is 0.375 e. The second kappa shape index (κ2) is 7.78. The highest BCUT2D eigenvalue weighted by atomic mass is 35.5. The van der Waals surface area contributed by atoms with Crippen LogP contribution in [0.2, 0.25) is 5.02 Å². The van der Waals surface area contributed by atoms with E-state index in [2.05, 4.69) is 27.9 Å². The van der Waals surface area contributed by atoms with Crippen LogP contribution in [0.3, 0.4) is 0 Å². The number of halogens is 1. The lowest BCUT2D eigenvalue weighted by molar-refractivity contribution is 0.136. The monoisotopic (exact) mass is 312 g/mol. The van der Waals surface area contributed by atoms with E-state index in [1.807, 2.05) is 12.1 Å². The Morgan fingerprint density at radius 2 is 2.10 bits per heavy atom. The Balaban J connectivity index is 1.89. The van der Waals surface area contributed by atoms with Crippen molar-refractivity contribution in [3.8, 4) is 0 Å². The first-order chi connectivity index (χ1) is 9.65. The van der Waals surface area contributed by atoms with Gasteiger partial charge in [0.2, 0.25) is 0 Å². The summed E-state index contributed by atoms with van der Waals surface area (Å²) >= 11 is 10.7. The number of hydrazine groups is 1. The predicted molar refractivity (Wildman–Crippen MR) is 87.4 cm³/mol. The maximum absolute atomic E-state index is 5.93. The molecule has 0 aliphatic carbocycles. The Morgan fingerprint density at radius 3 is 2.80 bits per heavy atom. The zero-order valence-corrected chi connectivity index (χ0v) is 13.0. The molecule has 1 aromatic carbocycles. The summed E-state index contributed by atoms with van der Waals surface area (Å²) in [7, 11) is 0. The van der Waals surface area contributed by atoms with E-state index in [-0.39, 0.29) is 5.11 Å². The number of nitrogens with one attached hydrogen (secondary N) is 2. The van der Waals surface area contributed by atoms with Crippen LogP contribution in [0.5, 0.6) is 0 Å². The van der Waals surface area contributed by atoms with Gasteiger partial charge in [-0.1, -0.05) is 30.2 Å². The highest BCUT2D eigenvalue weighted by Gasteiger charge is 2.22. The van der Waals surface area contributed by atoms with E-state index in [9.17, 15) is 0 Å². The van der Waals surface area contributed by atoms with Crippen molar-refractivity contribution in [2.45, 2.75) is 31.8 Å². The van der Waals surface area contributed by atoms with Crippen molar-refractivity contribution in [2.75, 3.05) is 13.1 Å². The highest BCUT2D eigenvalue weighted by Crippen LogP contribution is 2.20. The lowest BCUT2D eigenvalue weighted by atomic mass is 10.0. The summed E-state index contributed by atoms with van der Waals surface area (Å²) < 4.78 is 0. The van der Waals surface area contributed by atoms with Gasteiger partial charge in [-0.25, -0.2) is 5.43 Å². The van der Waals surface area contributed by atoms with Crippen LogP contribution in [0.4, 0.5) is 0 Å². The third-order valence-electron chi connectivity index (χ3n) is 3.60.